The van der Waals surface area contributed by atoms with Gasteiger partial charge in [-0.2, -0.15) is 0 Å². The summed E-state index contributed by atoms with van der Waals surface area (Å²) >= 11 is 6.09. The molecule has 0 saturated carbocycles. The number of fused-ring (bicyclic) bond motifs is 1. The molecular weight excluding hydrogens is 314 g/mol. The summed E-state index contributed by atoms with van der Waals surface area (Å²) < 4.78 is 0. The lowest BCUT2D eigenvalue weighted by atomic mass is 9.96. The van der Waals surface area contributed by atoms with Crippen LogP contribution in [0.25, 0.3) is 0 Å². The fourth-order valence-corrected chi connectivity index (χ4v) is 2.95. The number of rotatable bonds is 3. The van der Waals surface area contributed by atoms with Gasteiger partial charge in [0.1, 0.15) is 6.04 Å². The number of nitrogens with two attached hydrogens (primary N) is 1. The number of urea groups is 1. The normalized spacial score (nSPS) is 16.8. The van der Waals surface area contributed by atoms with E-state index in [-0.39, 0.29) is 5.91 Å². The molecule has 0 aromatic heterocycles. The first-order chi connectivity index (χ1) is 11.0. The molecule has 3 N–H and O–H groups in total. The van der Waals surface area contributed by atoms with Gasteiger partial charge in [-0.1, -0.05) is 48.0 Å². The second kappa shape index (κ2) is 6.30. The zero-order valence-corrected chi connectivity index (χ0v) is 13.1. The van der Waals surface area contributed by atoms with Crippen LogP contribution in [0, 0.1) is 0 Å². The number of nitrogens with one attached hydrogen (secondary N) is 1. The van der Waals surface area contributed by atoms with E-state index in [0.717, 1.165) is 16.8 Å². The van der Waals surface area contributed by atoms with Crippen molar-refractivity contribution >= 4 is 29.2 Å². The third-order valence-corrected chi connectivity index (χ3v) is 4.06. The average molecular weight is 330 g/mol. The molecule has 0 fully saturated rings. The van der Waals surface area contributed by atoms with Crippen molar-refractivity contribution in [3.63, 3.8) is 0 Å². The van der Waals surface area contributed by atoms with Gasteiger partial charge in [0, 0.05) is 17.1 Å². The van der Waals surface area contributed by atoms with Crippen LogP contribution in [0.3, 0.4) is 0 Å². The molecule has 6 heteroatoms. The number of halogens is 1. The van der Waals surface area contributed by atoms with Crippen molar-refractivity contribution in [1.29, 1.82) is 0 Å². The maximum absolute atomic E-state index is 12.8. The van der Waals surface area contributed by atoms with Gasteiger partial charge in [0.05, 0.1) is 6.54 Å². The van der Waals surface area contributed by atoms with E-state index in [0.29, 0.717) is 18.0 Å². The van der Waals surface area contributed by atoms with E-state index in [1.807, 2.05) is 36.4 Å². The van der Waals surface area contributed by atoms with Gasteiger partial charge in [-0.25, -0.2) is 4.79 Å². The molecule has 2 aromatic carbocycles. The van der Waals surface area contributed by atoms with Crippen molar-refractivity contribution in [2.45, 2.75) is 19.0 Å². The van der Waals surface area contributed by atoms with Gasteiger partial charge >= 0.3 is 6.03 Å². The SMILES string of the molecule is NC(=O)N[C@@H]1Cc2ccc(Cl)cc2N(Cc2ccccc2)C1=O. The molecule has 118 valence electrons. The Hall–Kier alpha value is -2.53. The van der Waals surface area contributed by atoms with Crippen molar-refractivity contribution in [2.24, 2.45) is 5.73 Å². The number of hydrogen-bond donors (Lipinski definition) is 2. The third-order valence-electron chi connectivity index (χ3n) is 3.83. The van der Waals surface area contributed by atoms with Gasteiger partial charge in [0.25, 0.3) is 0 Å². The second-order valence-electron chi connectivity index (χ2n) is 5.45. The number of hydrogen-bond acceptors (Lipinski definition) is 2. The minimum atomic E-state index is -0.708. The predicted molar refractivity (Wildman–Crippen MR) is 89.3 cm³/mol. The van der Waals surface area contributed by atoms with Crippen LogP contribution < -0.4 is 16.0 Å². The first-order valence-electron chi connectivity index (χ1n) is 7.24. The van der Waals surface area contributed by atoms with Crippen LogP contribution in [0.2, 0.25) is 5.02 Å². The number of carbonyl (C=O) groups is 2. The topological polar surface area (TPSA) is 75.4 Å². The molecule has 0 spiro atoms. The summed E-state index contributed by atoms with van der Waals surface area (Å²) in [6.07, 6.45) is 0.402. The number of benzene rings is 2. The zero-order chi connectivity index (χ0) is 16.4. The highest BCUT2D eigenvalue weighted by molar-refractivity contribution is 6.31. The summed E-state index contributed by atoms with van der Waals surface area (Å²) in [4.78, 5) is 25.6. The Morgan fingerprint density at radius 1 is 1.26 bits per heavy atom. The van der Waals surface area contributed by atoms with Crippen LogP contribution in [0.1, 0.15) is 11.1 Å². The van der Waals surface area contributed by atoms with Crippen molar-refractivity contribution in [1.82, 2.24) is 5.32 Å². The fraction of sp³-hybridized carbons (Fsp3) is 0.176. The summed E-state index contributed by atoms with van der Waals surface area (Å²) in [6.45, 7) is 0.407. The second-order valence-corrected chi connectivity index (χ2v) is 5.88. The number of primary amides is 1. The Kier molecular flexibility index (Phi) is 4.21. The summed E-state index contributed by atoms with van der Waals surface area (Å²) in [7, 11) is 0. The predicted octanol–water partition coefficient (Wildman–Crippen LogP) is 2.47. The molecule has 0 saturated heterocycles. The van der Waals surface area contributed by atoms with E-state index in [1.165, 1.54) is 0 Å². The first-order valence-corrected chi connectivity index (χ1v) is 7.62. The van der Waals surface area contributed by atoms with E-state index in [2.05, 4.69) is 5.32 Å². The van der Waals surface area contributed by atoms with E-state index in [9.17, 15) is 9.59 Å². The van der Waals surface area contributed by atoms with Gasteiger partial charge in [0.15, 0.2) is 0 Å². The van der Waals surface area contributed by atoms with Gasteiger partial charge in [0.2, 0.25) is 5.91 Å². The highest BCUT2D eigenvalue weighted by Gasteiger charge is 2.33. The minimum Gasteiger partial charge on any atom is -0.352 e. The van der Waals surface area contributed by atoms with Crippen molar-refractivity contribution in [2.75, 3.05) is 4.90 Å². The maximum atomic E-state index is 12.8. The summed E-state index contributed by atoms with van der Waals surface area (Å²) in [6, 6.07) is 13.7. The standard InChI is InChI=1S/C17H16ClN3O2/c18-13-7-6-12-8-14(20-17(19)23)16(22)21(15(12)9-13)10-11-4-2-1-3-5-11/h1-7,9,14H,8,10H2,(H3,19,20,23)/t14-/m1/s1. The third kappa shape index (κ3) is 3.29. The largest absolute Gasteiger partial charge is 0.352 e. The molecule has 0 bridgehead atoms. The van der Waals surface area contributed by atoms with Crippen LogP contribution in [-0.4, -0.2) is 18.0 Å². The molecule has 1 aliphatic rings. The van der Waals surface area contributed by atoms with Crippen molar-refractivity contribution in [3.05, 3.63) is 64.7 Å². The molecule has 3 amide bonds. The monoisotopic (exact) mass is 329 g/mol. The lowest BCUT2D eigenvalue weighted by molar-refractivity contribution is -0.120. The summed E-state index contributed by atoms with van der Waals surface area (Å²) in [5.74, 6) is -0.192. The van der Waals surface area contributed by atoms with Crippen molar-refractivity contribution < 1.29 is 9.59 Å². The van der Waals surface area contributed by atoms with Gasteiger partial charge in [-0.15, -0.1) is 0 Å². The van der Waals surface area contributed by atoms with E-state index < -0.39 is 12.1 Å². The van der Waals surface area contributed by atoms with Crippen LogP contribution in [0.4, 0.5) is 10.5 Å². The molecule has 1 aliphatic heterocycles. The van der Waals surface area contributed by atoms with E-state index in [1.54, 1.807) is 17.0 Å². The molecule has 23 heavy (non-hydrogen) atoms. The summed E-state index contributed by atoms with van der Waals surface area (Å²) in [5, 5.41) is 3.08. The van der Waals surface area contributed by atoms with E-state index >= 15 is 0 Å². The number of anilines is 1. The van der Waals surface area contributed by atoms with Gasteiger partial charge in [-0.3, -0.25) is 4.79 Å². The maximum Gasteiger partial charge on any atom is 0.312 e. The number of nitrogens with zero attached hydrogens (tertiary/aromatic N) is 1. The molecule has 1 atom stereocenters. The van der Waals surface area contributed by atoms with Gasteiger partial charge in [-0.05, 0) is 23.3 Å². The van der Waals surface area contributed by atoms with Crippen LogP contribution in [0.5, 0.6) is 0 Å². The molecular formula is C17H16ClN3O2. The van der Waals surface area contributed by atoms with E-state index in [4.69, 9.17) is 17.3 Å². The zero-order valence-electron chi connectivity index (χ0n) is 12.3. The fourth-order valence-electron chi connectivity index (χ4n) is 2.79. The van der Waals surface area contributed by atoms with Crippen LogP contribution >= 0.6 is 11.6 Å². The first kappa shape index (κ1) is 15.4. The lowest BCUT2D eigenvalue weighted by Gasteiger charge is -2.34. The van der Waals surface area contributed by atoms with Crippen LogP contribution in [0.15, 0.2) is 48.5 Å². The molecule has 1 heterocycles. The molecule has 5 nitrogen and oxygen atoms in total. The minimum absolute atomic E-state index is 0.192. The number of amides is 3. The number of carbonyl (C=O) groups excluding carboxylic acids is 2. The Bertz CT molecular complexity index is 749. The Labute approximate surface area is 139 Å². The molecule has 2 aromatic rings. The Balaban J connectivity index is 1.98. The lowest BCUT2D eigenvalue weighted by Crippen LogP contribution is -2.53. The highest BCUT2D eigenvalue weighted by Crippen LogP contribution is 2.32. The van der Waals surface area contributed by atoms with Crippen molar-refractivity contribution in [3.8, 4) is 0 Å². The molecule has 3 rings (SSSR count). The highest BCUT2D eigenvalue weighted by atomic mass is 35.5. The summed E-state index contributed by atoms with van der Waals surface area (Å²) in [5.41, 5.74) is 7.90. The quantitative estimate of drug-likeness (QED) is 0.907. The Morgan fingerprint density at radius 2 is 2.00 bits per heavy atom. The van der Waals surface area contributed by atoms with Gasteiger partial charge < -0.3 is 16.0 Å². The smallest absolute Gasteiger partial charge is 0.312 e. The molecule has 0 unspecified atom stereocenters. The van der Waals surface area contributed by atoms with Crippen LogP contribution in [-0.2, 0) is 17.8 Å². The molecule has 0 aliphatic carbocycles. The Morgan fingerprint density at radius 3 is 2.70 bits per heavy atom. The average Bonchev–Trinajstić information content (AvgIpc) is 2.52. The molecule has 0 radical (unpaired) electrons.